The Labute approximate surface area is 153 Å². The Bertz CT molecular complexity index is 1180. The van der Waals surface area contributed by atoms with Crippen LogP contribution in [0.2, 0.25) is 0 Å². The van der Waals surface area contributed by atoms with E-state index in [1.165, 1.54) is 33.6 Å². The maximum atomic E-state index is 11.4. The third-order valence-corrected chi connectivity index (χ3v) is 6.26. The van der Waals surface area contributed by atoms with Gasteiger partial charge in [-0.25, -0.2) is 14.3 Å². The summed E-state index contributed by atoms with van der Waals surface area (Å²) in [7, 11) is 0. The van der Waals surface area contributed by atoms with E-state index < -0.39 is 5.97 Å². The number of thiophene rings is 1. The van der Waals surface area contributed by atoms with Crippen LogP contribution in [0, 0.1) is 0 Å². The Balaban J connectivity index is 1.82. The SMILES string of the molecule is CC(C)c1c(-c2cn3ncnc3c3c2CCC3)[nH]c2sc(C(=O)O)cc12. The lowest BCUT2D eigenvalue weighted by atomic mass is 9.94. The highest BCUT2D eigenvalue weighted by Gasteiger charge is 2.26. The molecule has 0 spiro atoms. The lowest BCUT2D eigenvalue weighted by molar-refractivity contribution is 0.0702. The molecular formula is C19H18N4O2S. The summed E-state index contributed by atoms with van der Waals surface area (Å²) in [6.07, 6.45) is 6.86. The number of fused-ring (bicyclic) bond motifs is 4. The molecule has 0 aromatic carbocycles. The number of hydrogen-bond donors (Lipinski definition) is 2. The van der Waals surface area contributed by atoms with Gasteiger partial charge >= 0.3 is 5.97 Å². The Kier molecular flexibility index (Phi) is 3.24. The zero-order valence-electron chi connectivity index (χ0n) is 14.5. The number of aromatic carboxylic acids is 1. The molecule has 4 aromatic heterocycles. The molecule has 2 N–H and O–H groups in total. The van der Waals surface area contributed by atoms with Crippen molar-refractivity contribution in [2.45, 2.75) is 39.0 Å². The average Bonchev–Trinajstić information content (AvgIpc) is 3.33. The minimum Gasteiger partial charge on any atom is -0.477 e. The molecule has 0 saturated carbocycles. The Morgan fingerprint density at radius 1 is 1.35 bits per heavy atom. The standard InChI is InChI=1S/C19H18N4O2S/c1-9(2)15-12-6-14(19(24)25)26-18(12)22-16(15)13-7-23-17(20-8-21-23)11-5-3-4-10(11)13/h6-9,22H,3-5H2,1-2H3,(H,24,25). The summed E-state index contributed by atoms with van der Waals surface area (Å²) in [5, 5.41) is 14.7. The number of rotatable bonds is 3. The van der Waals surface area contributed by atoms with Gasteiger partial charge in [0.1, 0.15) is 16.0 Å². The molecule has 0 aliphatic heterocycles. The largest absolute Gasteiger partial charge is 0.477 e. The van der Waals surface area contributed by atoms with E-state index in [0.29, 0.717) is 4.88 Å². The van der Waals surface area contributed by atoms with Gasteiger partial charge in [-0.2, -0.15) is 5.10 Å². The molecule has 0 radical (unpaired) electrons. The number of carboxylic acid groups (broad SMARTS) is 1. The van der Waals surface area contributed by atoms with Crippen molar-refractivity contribution < 1.29 is 9.90 Å². The van der Waals surface area contributed by atoms with E-state index in [1.807, 2.05) is 4.52 Å². The molecular weight excluding hydrogens is 348 g/mol. The average molecular weight is 366 g/mol. The van der Waals surface area contributed by atoms with E-state index in [2.05, 4.69) is 35.1 Å². The highest BCUT2D eigenvalue weighted by atomic mass is 32.1. The maximum absolute atomic E-state index is 11.4. The first-order valence-electron chi connectivity index (χ1n) is 8.77. The fourth-order valence-corrected chi connectivity index (χ4v) is 5.10. The van der Waals surface area contributed by atoms with Gasteiger partial charge in [0, 0.05) is 22.7 Å². The first-order valence-corrected chi connectivity index (χ1v) is 9.59. The monoisotopic (exact) mass is 366 g/mol. The van der Waals surface area contributed by atoms with Gasteiger partial charge in [0.05, 0.1) is 5.69 Å². The Morgan fingerprint density at radius 3 is 2.92 bits per heavy atom. The van der Waals surface area contributed by atoms with Crippen LogP contribution in [0.1, 0.15) is 52.5 Å². The van der Waals surface area contributed by atoms with Crippen molar-refractivity contribution in [3.63, 3.8) is 0 Å². The first kappa shape index (κ1) is 15.6. The van der Waals surface area contributed by atoms with Crippen LogP contribution in [0.25, 0.3) is 27.1 Å². The van der Waals surface area contributed by atoms with Crippen LogP contribution in [0.4, 0.5) is 0 Å². The summed E-state index contributed by atoms with van der Waals surface area (Å²) in [5.74, 6) is -0.598. The molecule has 6 nitrogen and oxygen atoms in total. The molecule has 0 atom stereocenters. The van der Waals surface area contributed by atoms with Gasteiger partial charge in [-0.3, -0.25) is 0 Å². The van der Waals surface area contributed by atoms with E-state index in [9.17, 15) is 9.90 Å². The topological polar surface area (TPSA) is 83.3 Å². The lowest BCUT2D eigenvalue weighted by Gasteiger charge is -2.13. The molecule has 132 valence electrons. The van der Waals surface area contributed by atoms with Gasteiger partial charge in [-0.15, -0.1) is 11.3 Å². The summed E-state index contributed by atoms with van der Waals surface area (Å²) >= 11 is 1.30. The van der Waals surface area contributed by atoms with Crippen molar-refractivity contribution >= 4 is 33.2 Å². The second-order valence-corrected chi connectivity index (χ2v) is 8.16. The molecule has 0 fully saturated rings. The summed E-state index contributed by atoms with van der Waals surface area (Å²) in [6.45, 7) is 4.30. The van der Waals surface area contributed by atoms with Crippen molar-refractivity contribution in [2.24, 2.45) is 0 Å². The van der Waals surface area contributed by atoms with Crippen LogP contribution in [0.5, 0.6) is 0 Å². The van der Waals surface area contributed by atoms with Crippen LogP contribution in [0.3, 0.4) is 0 Å². The fourth-order valence-electron chi connectivity index (χ4n) is 4.18. The van der Waals surface area contributed by atoms with Crippen molar-refractivity contribution in [1.29, 1.82) is 0 Å². The van der Waals surface area contributed by atoms with Gasteiger partial charge in [0.2, 0.25) is 0 Å². The predicted molar refractivity (Wildman–Crippen MR) is 101 cm³/mol. The van der Waals surface area contributed by atoms with Crippen molar-refractivity contribution in [3.8, 4) is 11.3 Å². The van der Waals surface area contributed by atoms with Crippen molar-refractivity contribution in [1.82, 2.24) is 19.6 Å². The van der Waals surface area contributed by atoms with Gasteiger partial charge in [0.15, 0.2) is 5.65 Å². The predicted octanol–water partition coefficient (Wildman–Crippen LogP) is 4.25. The van der Waals surface area contributed by atoms with Crippen molar-refractivity contribution in [3.05, 3.63) is 40.2 Å². The Morgan fingerprint density at radius 2 is 2.15 bits per heavy atom. The number of carbonyl (C=O) groups is 1. The van der Waals surface area contributed by atoms with E-state index >= 15 is 0 Å². The molecule has 7 heteroatoms. The minimum absolute atomic E-state index is 0.276. The summed E-state index contributed by atoms with van der Waals surface area (Å²) in [5.41, 5.74) is 7.03. The molecule has 0 amide bonds. The Hall–Kier alpha value is -2.67. The van der Waals surface area contributed by atoms with E-state index in [4.69, 9.17) is 0 Å². The molecule has 4 aromatic rings. The molecule has 1 aliphatic carbocycles. The van der Waals surface area contributed by atoms with Gasteiger partial charge in [-0.1, -0.05) is 13.8 Å². The lowest BCUT2D eigenvalue weighted by Crippen LogP contribution is -2.00. The zero-order chi connectivity index (χ0) is 18.0. The molecule has 0 unspecified atom stereocenters. The summed E-state index contributed by atoms with van der Waals surface area (Å²) < 4.78 is 1.86. The smallest absolute Gasteiger partial charge is 0.345 e. The third kappa shape index (κ3) is 2.07. The van der Waals surface area contributed by atoms with E-state index in [-0.39, 0.29) is 5.92 Å². The molecule has 5 rings (SSSR count). The fraction of sp³-hybridized carbons (Fsp3) is 0.316. The summed E-state index contributed by atoms with van der Waals surface area (Å²) in [6, 6.07) is 1.80. The third-order valence-electron chi connectivity index (χ3n) is 5.22. The molecule has 0 bridgehead atoms. The first-order chi connectivity index (χ1) is 12.5. The second-order valence-electron chi connectivity index (χ2n) is 7.11. The number of aromatic amines is 1. The molecule has 26 heavy (non-hydrogen) atoms. The van der Waals surface area contributed by atoms with Crippen LogP contribution < -0.4 is 0 Å². The highest BCUT2D eigenvalue weighted by Crippen LogP contribution is 2.42. The van der Waals surface area contributed by atoms with Crippen LogP contribution >= 0.6 is 11.3 Å². The number of aromatic nitrogens is 4. The quantitative estimate of drug-likeness (QED) is 0.568. The van der Waals surface area contributed by atoms with E-state index in [0.717, 1.165) is 40.8 Å². The number of hydrogen-bond acceptors (Lipinski definition) is 4. The second kappa shape index (κ2) is 5.41. The molecule has 0 saturated heterocycles. The van der Waals surface area contributed by atoms with E-state index in [1.54, 1.807) is 12.4 Å². The molecule has 4 heterocycles. The van der Waals surface area contributed by atoms with Crippen LogP contribution in [-0.2, 0) is 12.8 Å². The number of pyridine rings is 1. The normalized spacial score (nSPS) is 14.0. The van der Waals surface area contributed by atoms with Crippen LogP contribution in [0.15, 0.2) is 18.6 Å². The number of H-pyrrole nitrogens is 1. The van der Waals surface area contributed by atoms with Gasteiger partial charge < -0.3 is 10.1 Å². The number of nitrogens with one attached hydrogen (secondary N) is 1. The zero-order valence-corrected chi connectivity index (χ0v) is 15.4. The summed E-state index contributed by atoms with van der Waals surface area (Å²) in [4.78, 5) is 20.6. The number of carboxylic acids is 1. The van der Waals surface area contributed by atoms with Crippen LogP contribution in [-0.4, -0.2) is 30.7 Å². The number of aryl methyl sites for hydroxylation is 1. The highest BCUT2D eigenvalue weighted by molar-refractivity contribution is 7.20. The minimum atomic E-state index is -0.874. The molecule has 1 aliphatic rings. The van der Waals surface area contributed by atoms with Crippen molar-refractivity contribution in [2.75, 3.05) is 0 Å². The maximum Gasteiger partial charge on any atom is 0.345 e. The van der Waals surface area contributed by atoms with Gasteiger partial charge in [0.25, 0.3) is 0 Å². The number of nitrogens with zero attached hydrogens (tertiary/aromatic N) is 3. The van der Waals surface area contributed by atoms with Gasteiger partial charge in [-0.05, 0) is 42.4 Å².